The van der Waals surface area contributed by atoms with Crippen LogP contribution in [0, 0.1) is 6.92 Å². The number of anilines is 1. The highest BCUT2D eigenvalue weighted by molar-refractivity contribution is 6.22. The first kappa shape index (κ1) is 14.2. The molecule has 3 rings (SSSR count). The van der Waals surface area contributed by atoms with Gasteiger partial charge in [0.05, 0.1) is 18.2 Å². The lowest BCUT2D eigenvalue weighted by Crippen LogP contribution is -2.51. The number of amides is 2. The number of rotatable bonds is 2. The third-order valence-electron chi connectivity index (χ3n) is 4.36. The minimum Gasteiger partial charge on any atom is -0.304 e. The van der Waals surface area contributed by atoms with Crippen molar-refractivity contribution in [3.05, 3.63) is 29.8 Å². The van der Waals surface area contributed by atoms with Gasteiger partial charge in [-0.15, -0.1) is 0 Å². The lowest BCUT2D eigenvalue weighted by atomic mass is 10.2. The molecule has 2 saturated heterocycles. The second kappa shape index (κ2) is 5.58. The summed E-state index contributed by atoms with van der Waals surface area (Å²) in [4.78, 5) is 30.7. The number of carbonyl (C=O) groups is 2. The van der Waals surface area contributed by atoms with Crippen molar-refractivity contribution in [2.24, 2.45) is 0 Å². The maximum Gasteiger partial charge on any atom is 0.251 e. The van der Waals surface area contributed by atoms with Crippen molar-refractivity contribution in [1.29, 1.82) is 0 Å². The number of imide groups is 1. The summed E-state index contributed by atoms with van der Waals surface area (Å²) in [7, 11) is 2.08. The van der Waals surface area contributed by atoms with Gasteiger partial charge in [0.25, 0.3) is 5.91 Å². The quantitative estimate of drug-likeness (QED) is 0.757. The average Bonchev–Trinajstić information content (AvgIpc) is 2.75. The van der Waals surface area contributed by atoms with Crippen LogP contribution in [0.2, 0.25) is 0 Å². The summed E-state index contributed by atoms with van der Waals surface area (Å²) in [6, 6.07) is 7.28. The highest BCUT2D eigenvalue weighted by atomic mass is 16.2. The molecule has 1 atom stereocenters. The van der Waals surface area contributed by atoms with Crippen LogP contribution in [0.15, 0.2) is 24.3 Å². The van der Waals surface area contributed by atoms with Crippen LogP contribution in [-0.2, 0) is 9.59 Å². The first-order chi connectivity index (χ1) is 10.1. The third-order valence-corrected chi connectivity index (χ3v) is 4.36. The lowest BCUT2D eigenvalue weighted by Gasteiger charge is -2.35. The zero-order valence-electron chi connectivity index (χ0n) is 12.6. The number of piperazine rings is 1. The third kappa shape index (κ3) is 2.71. The second-order valence-electron chi connectivity index (χ2n) is 5.97. The number of hydrogen-bond donors (Lipinski definition) is 0. The van der Waals surface area contributed by atoms with Gasteiger partial charge in [0.15, 0.2) is 0 Å². The van der Waals surface area contributed by atoms with Gasteiger partial charge in [-0.05, 0) is 31.7 Å². The van der Waals surface area contributed by atoms with Crippen molar-refractivity contribution in [2.45, 2.75) is 19.4 Å². The van der Waals surface area contributed by atoms with E-state index in [4.69, 9.17) is 0 Å². The van der Waals surface area contributed by atoms with Gasteiger partial charge in [0.1, 0.15) is 0 Å². The van der Waals surface area contributed by atoms with Crippen LogP contribution in [0.25, 0.3) is 0 Å². The van der Waals surface area contributed by atoms with Gasteiger partial charge in [0, 0.05) is 26.2 Å². The minimum atomic E-state index is -0.285. The summed E-state index contributed by atoms with van der Waals surface area (Å²) in [5.74, 6) is -0.162. The van der Waals surface area contributed by atoms with E-state index in [1.807, 2.05) is 31.2 Å². The summed E-state index contributed by atoms with van der Waals surface area (Å²) in [6.07, 6.45) is 0.302. The van der Waals surface area contributed by atoms with Crippen molar-refractivity contribution in [3.63, 3.8) is 0 Å². The van der Waals surface area contributed by atoms with Gasteiger partial charge in [-0.3, -0.25) is 14.5 Å². The Labute approximate surface area is 125 Å². The van der Waals surface area contributed by atoms with Crippen LogP contribution in [0.1, 0.15) is 12.0 Å². The van der Waals surface area contributed by atoms with E-state index in [0.29, 0.717) is 12.1 Å². The van der Waals surface area contributed by atoms with Gasteiger partial charge in [-0.25, -0.2) is 4.90 Å². The first-order valence-electron chi connectivity index (χ1n) is 7.42. The Kier molecular flexibility index (Phi) is 3.78. The largest absolute Gasteiger partial charge is 0.304 e. The van der Waals surface area contributed by atoms with E-state index in [1.54, 1.807) is 0 Å². The molecule has 2 heterocycles. The summed E-state index contributed by atoms with van der Waals surface area (Å²) < 4.78 is 0. The molecule has 1 aromatic carbocycles. The Hall–Kier alpha value is -1.72. The maximum atomic E-state index is 12.7. The topological polar surface area (TPSA) is 43.9 Å². The molecule has 0 spiro atoms. The predicted molar refractivity (Wildman–Crippen MR) is 81.1 cm³/mol. The summed E-state index contributed by atoms with van der Waals surface area (Å²) in [5.41, 5.74) is 1.75. The lowest BCUT2D eigenvalue weighted by molar-refractivity contribution is -0.123. The zero-order chi connectivity index (χ0) is 15.0. The molecule has 112 valence electrons. The molecule has 0 aliphatic carbocycles. The van der Waals surface area contributed by atoms with Crippen LogP contribution < -0.4 is 4.90 Å². The normalized spacial score (nSPS) is 24.9. The van der Waals surface area contributed by atoms with E-state index < -0.39 is 0 Å². The molecule has 2 fully saturated rings. The van der Waals surface area contributed by atoms with Gasteiger partial charge in [-0.2, -0.15) is 0 Å². The SMILES string of the molecule is Cc1cccc(N2C(=O)C[C@H](N3CCN(C)CC3)C2=O)c1. The molecule has 5 nitrogen and oxygen atoms in total. The highest BCUT2D eigenvalue weighted by Crippen LogP contribution is 2.26. The van der Waals surface area contributed by atoms with Crippen LogP contribution in [0.5, 0.6) is 0 Å². The molecule has 2 aliphatic rings. The summed E-state index contributed by atoms with van der Waals surface area (Å²) in [5, 5.41) is 0. The molecule has 0 N–H and O–H groups in total. The van der Waals surface area contributed by atoms with Crippen LogP contribution in [0.3, 0.4) is 0 Å². The summed E-state index contributed by atoms with van der Waals surface area (Å²) in [6.45, 7) is 5.56. The van der Waals surface area contributed by atoms with Crippen molar-refractivity contribution in [2.75, 3.05) is 38.1 Å². The minimum absolute atomic E-state index is 0.0739. The average molecular weight is 287 g/mol. The molecular formula is C16H21N3O2. The van der Waals surface area contributed by atoms with E-state index >= 15 is 0 Å². The Morgan fingerprint density at radius 1 is 1.10 bits per heavy atom. The van der Waals surface area contributed by atoms with Gasteiger partial charge in [-0.1, -0.05) is 12.1 Å². The maximum absolute atomic E-state index is 12.7. The van der Waals surface area contributed by atoms with E-state index in [9.17, 15) is 9.59 Å². The molecule has 5 heteroatoms. The smallest absolute Gasteiger partial charge is 0.251 e. The van der Waals surface area contributed by atoms with Crippen LogP contribution >= 0.6 is 0 Å². The fourth-order valence-electron chi connectivity index (χ4n) is 3.07. The number of benzene rings is 1. The number of hydrogen-bond acceptors (Lipinski definition) is 4. The van der Waals surface area contributed by atoms with Crippen molar-refractivity contribution in [1.82, 2.24) is 9.80 Å². The molecule has 2 amide bonds. The van der Waals surface area contributed by atoms with E-state index in [2.05, 4.69) is 16.8 Å². The molecular weight excluding hydrogens is 266 g/mol. The molecule has 21 heavy (non-hydrogen) atoms. The van der Waals surface area contributed by atoms with Gasteiger partial charge >= 0.3 is 0 Å². The standard InChI is InChI=1S/C16H21N3O2/c1-12-4-3-5-13(10-12)19-15(20)11-14(16(19)21)18-8-6-17(2)7-9-18/h3-5,10,14H,6-9,11H2,1-2H3/t14-/m0/s1. The van der Waals surface area contributed by atoms with Crippen molar-refractivity contribution in [3.8, 4) is 0 Å². The van der Waals surface area contributed by atoms with Crippen molar-refractivity contribution < 1.29 is 9.59 Å². The van der Waals surface area contributed by atoms with E-state index in [0.717, 1.165) is 31.7 Å². The monoisotopic (exact) mass is 287 g/mol. The van der Waals surface area contributed by atoms with E-state index in [-0.39, 0.29) is 17.9 Å². The number of nitrogens with zero attached hydrogens (tertiary/aromatic N) is 3. The van der Waals surface area contributed by atoms with Gasteiger partial charge in [0.2, 0.25) is 5.91 Å². The summed E-state index contributed by atoms with van der Waals surface area (Å²) >= 11 is 0. The van der Waals surface area contributed by atoms with Gasteiger partial charge < -0.3 is 4.90 Å². The molecule has 0 bridgehead atoms. The highest BCUT2D eigenvalue weighted by Gasteiger charge is 2.43. The fourth-order valence-corrected chi connectivity index (χ4v) is 3.07. The molecule has 0 unspecified atom stereocenters. The van der Waals surface area contributed by atoms with Crippen LogP contribution in [-0.4, -0.2) is 60.9 Å². The Bertz CT molecular complexity index is 564. The first-order valence-corrected chi connectivity index (χ1v) is 7.42. The second-order valence-corrected chi connectivity index (χ2v) is 5.97. The number of likely N-dealkylation sites (N-methyl/N-ethyl adjacent to an activating group) is 1. The fraction of sp³-hybridized carbons (Fsp3) is 0.500. The molecule has 0 radical (unpaired) electrons. The Morgan fingerprint density at radius 3 is 2.48 bits per heavy atom. The number of aryl methyl sites for hydroxylation is 1. The van der Waals surface area contributed by atoms with E-state index in [1.165, 1.54) is 4.90 Å². The molecule has 0 saturated carbocycles. The molecule has 0 aromatic heterocycles. The number of carbonyl (C=O) groups excluding carboxylic acids is 2. The van der Waals surface area contributed by atoms with Crippen LogP contribution in [0.4, 0.5) is 5.69 Å². The Balaban J connectivity index is 1.79. The van der Waals surface area contributed by atoms with Crippen molar-refractivity contribution >= 4 is 17.5 Å². The Morgan fingerprint density at radius 2 is 1.81 bits per heavy atom. The zero-order valence-corrected chi connectivity index (χ0v) is 12.6. The predicted octanol–water partition coefficient (Wildman–Crippen LogP) is 0.874. The molecule has 2 aliphatic heterocycles. The molecule has 1 aromatic rings.